The maximum absolute atomic E-state index is 12.9. The molecular weight excluding hydrogens is 398 g/mol. The van der Waals surface area contributed by atoms with E-state index < -0.39 is 35.8 Å². The number of carbonyl (C=O) groups excluding carboxylic acids is 3. The molecule has 172 valence electrons. The Morgan fingerprint density at radius 1 is 1.16 bits per heavy atom. The molecule has 8 nitrogen and oxygen atoms in total. The Labute approximate surface area is 184 Å². The summed E-state index contributed by atoms with van der Waals surface area (Å²) in [5.41, 5.74) is 0.590. The van der Waals surface area contributed by atoms with Crippen molar-refractivity contribution in [3.05, 3.63) is 35.9 Å². The number of carbonyl (C=O) groups is 3. The van der Waals surface area contributed by atoms with Gasteiger partial charge in [0.15, 0.2) is 0 Å². The van der Waals surface area contributed by atoms with E-state index in [1.54, 1.807) is 0 Å². The number of aliphatic hydroxyl groups is 1. The Balaban J connectivity index is 1.93. The molecule has 0 aliphatic heterocycles. The van der Waals surface area contributed by atoms with E-state index in [9.17, 15) is 24.7 Å². The molecule has 0 bridgehead atoms. The van der Waals surface area contributed by atoms with Crippen LogP contribution in [0.3, 0.4) is 0 Å². The van der Waals surface area contributed by atoms with Crippen molar-refractivity contribution in [3.8, 4) is 0 Å². The van der Waals surface area contributed by atoms with E-state index in [0.717, 1.165) is 6.42 Å². The van der Waals surface area contributed by atoms with Crippen molar-refractivity contribution in [1.29, 1.82) is 0 Å². The lowest BCUT2D eigenvalue weighted by molar-refractivity contribution is -0.177. The lowest BCUT2D eigenvalue weighted by Gasteiger charge is -2.31. The van der Waals surface area contributed by atoms with Crippen LogP contribution in [0.1, 0.15) is 58.9 Å². The average molecular weight is 434 g/mol. The molecule has 4 N–H and O–H groups in total. The molecule has 0 saturated heterocycles. The van der Waals surface area contributed by atoms with Gasteiger partial charge in [-0.2, -0.15) is 0 Å². The van der Waals surface area contributed by atoms with Gasteiger partial charge in [0.05, 0.1) is 13.0 Å². The van der Waals surface area contributed by atoms with Crippen LogP contribution in [0.25, 0.3) is 0 Å². The molecule has 4 atom stereocenters. The van der Waals surface area contributed by atoms with Gasteiger partial charge in [0, 0.05) is 12.0 Å². The molecule has 3 unspecified atom stereocenters. The Bertz CT molecular complexity index is 775. The van der Waals surface area contributed by atoms with Gasteiger partial charge in [-0.3, -0.25) is 19.6 Å². The van der Waals surface area contributed by atoms with Gasteiger partial charge in [0.25, 0.3) is 5.91 Å². The van der Waals surface area contributed by atoms with E-state index >= 15 is 0 Å². The summed E-state index contributed by atoms with van der Waals surface area (Å²) in [7, 11) is 0. The number of amides is 3. The number of benzene rings is 1. The molecule has 1 aliphatic rings. The second kappa shape index (κ2) is 10.2. The molecule has 8 heteroatoms. The number of hydrogen-bond acceptors (Lipinski definition) is 5. The third-order valence-corrected chi connectivity index (χ3v) is 5.24. The van der Waals surface area contributed by atoms with E-state index in [1.807, 2.05) is 65.0 Å². The van der Waals surface area contributed by atoms with Crippen LogP contribution in [0, 0.1) is 11.3 Å². The summed E-state index contributed by atoms with van der Waals surface area (Å²) in [5.74, 6) is -1.61. The number of rotatable bonds is 9. The van der Waals surface area contributed by atoms with E-state index in [4.69, 9.17) is 0 Å². The normalized spacial score (nSPS) is 20.0. The van der Waals surface area contributed by atoms with Crippen LogP contribution in [-0.2, 0) is 14.4 Å². The zero-order valence-electron chi connectivity index (χ0n) is 19.0. The second-order valence-electron chi connectivity index (χ2n) is 9.77. The first-order valence-electron chi connectivity index (χ1n) is 10.7. The monoisotopic (exact) mass is 433 g/mol. The molecule has 0 heterocycles. The lowest BCUT2D eigenvalue weighted by atomic mass is 9.86. The van der Waals surface area contributed by atoms with Crippen LogP contribution >= 0.6 is 0 Å². The van der Waals surface area contributed by atoms with Gasteiger partial charge in [-0.15, -0.1) is 0 Å². The van der Waals surface area contributed by atoms with Crippen molar-refractivity contribution in [2.75, 3.05) is 6.54 Å². The quantitative estimate of drug-likeness (QED) is 0.350. The summed E-state index contributed by atoms with van der Waals surface area (Å²) >= 11 is 0. The largest absolute Gasteiger partial charge is 0.383 e. The molecule has 0 spiro atoms. The molecular formula is C23H35N3O5. The van der Waals surface area contributed by atoms with Gasteiger partial charge in [-0.1, -0.05) is 65.0 Å². The van der Waals surface area contributed by atoms with Crippen LogP contribution < -0.4 is 10.6 Å². The summed E-state index contributed by atoms with van der Waals surface area (Å²) in [4.78, 5) is 37.4. The third kappa shape index (κ3) is 7.33. The molecule has 0 aromatic heterocycles. The van der Waals surface area contributed by atoms with Crippen molar-refractivity contribution in [2.45, 2.75) is 71.6 Å². The predicted molar refractivity (Wildman–Crippen MR) is 116 cm³/mol. The topological polar surface area (TPSA) is 119 Å². The maximum Gasteiger partial charge on any atom is 0.275 e. The van der Waals surface area contributed by atoms with Crippen molar-refractivity contribution in [3.63, 3.8) is 0 Å². The average Bonchev–Trinajstić information content (AvgIpc) is 3.43. The number of hydrogen-bond donors (Lipinski definition) is 4. The molecule has 1 aromatic carbocycles. The first kappa shape index (κ1) is 24.8. The van der Waals surface area contributed by atoms with E-state index in [0.29, 0.717) is 5.06 Å². The molecule has 1 aliphatic carbocycles. The van der Waals surface area contributed by atoms with Crippen LogP contribution in [0.5, 0.6) is 0 Å². The SMILES string of the molecule is CC(C)CN(O)C(=O)[C@@H](O)CC(=O)NC(C(=O)NC1CC1c1ccccc1)C(C)(C)C. The van der Waals surface area contributed by atoms with Gasteiger partial charge in [-0.05, 0) is 23.3 Å². The number of nitrogens with one attached hydrogen (secondary N) is 2. The van der Waals surface area contributed by atoms with Gasteiger partial charge in [-0.25, -0.2) is 5.06 Å². The summed E-state index contributed by atoms with van der Waals surface area (Å²) in [6.07, 6.45) is -1.38. The highest BCUT2D eigenvalue weighted by Gasteiger charge is 2.42. The minimum Gasteiger partial charge on any atom is -0.383 e. The van der Waals surface area contributed by atoms with Crippen molar-refractivity contribution >= 4 is 17.7 Å². The van der Waals surface area contributed by atoms with Crippen LogP contribution in [-0.4, -0.2) is 57.8 Å². The summed E-state index contributed by atoms with van der Waals surface area (Å²) in [6.45, 7) is 9.17. The highest BCUT2D eigenvalue weighted by Crippen LogP contribution is 2.40. The molecule has 1 fully saturated rings. The first-order chi connectivity index (χ1) is 14.4. The van der Waals surface area contributed by atoms with Crippen molar-refractivity contribution in [1.82, 2.24) is 15.7 Å². The summed E-state index contributed by atoms with van der Waals surface area (Å²) in [5, 5.41) is 25.8. The van der Waals surface area contributed by atoms with Crippen LogP contribution in [0.15, 0.2) is 30.3 Å². The smallest absolute Gasteiger partial charge is 0.275 e. The van der Waals surface area contributed by atoms with Gasteiger partial charge >= 0.3 is 0 Å². The fourth-order valence-corrected chi connectivity index (χ4v) is 3.46. The highest BCUT2D eigenvalue weighted by atomic mass is 16.5. The van der Waals surface area contributed by atoms with E-state index in [-0.39, 0.29) is 30.3 Å². The second-order valence-corrected chi connectivity index (χ2v) is 9.77. The molecule has 1 saturated carbocycles. The Morgan fingerprint density at radius 2 is 1.77 bits per heavy atom. The highest BCUT2D eigenvalue weighted by molar-refractivity contribution is 5.91. The molecule has 2 rings (SSSR count). The fraction of sp³-hybridized carbons (Fsp3) is 0.609. The zero-order chi connectivity index (χ0) is 23.3. The van der Waals surface area contributed by atoms with Crippen LogP contribution in [0.2, 0.25) is 0 Å². The molecule has 1 aromatic rings. The molecule has 3 amide bonds. The van der Waals surface area contributed by atoms with Gasteiger partial charge in [0.1, 0.15) is 12.1 Å². The molecule has 31 heavy (non-hydrogen) atoms. The van der Waals surface area contributed by atoms with E-state index in [1.165, 1.54) is 5.56 Å². The minimum absolute atomic E-state index is 0.00563. The Hall–Kier alpha value is -2.45. The van der Waals surface area contributed by atoms with Crippen molar-refractivity contribution < 1.29 is 24.7 Å². The number of nitrogens with zero attached hydrogens (tertiary/aromatic N) is 1. The van der Waals surface area contributed by atoms with Gasteiger partial charge < -0.3 is 15.7 Å². The number of aliphatic hydroxyl groups excluding tert-OH is 1. The predicted octanol–water partition coefficient (Wildman–Crippen LogP) is 1.81. The fourth-order valence-electron chi connectivity index (χ4n) is 3.46. The Kier molecular flexibility index (Phi) is 8.20. The maximum atomic E-state index is 12.9. The minimum atomic E-state index is -1.68. The Morgan fingerprint density at radius 3 is 2.32 bits per heavy atom. The summed E-state index contributed by atoms with van der Waals surface area (Å²) in [6, 6.07) is 9.12. The van der Waals surface area contributed by atoms with E-state index in [2.05, 4.69) is 10.6 Å². The van der Waals surface area contributed by atoms with Crippen LogP contribution in [0.4, 0.5) is 0 Å². The van der Waals surface area contributed by atoms with Crippen molar-refractivity contribution in [2.24, 2.45) is 11.3 Å². The lowest BCUT2D eigenvalue weighted by Crippen LogP contribution is -2.55. The number of hydroxylamine groups is 2. The molecule has 0 radical (unpaired) electrons. The summed E-state index contributed by atoms with van der Waals surface area (Å²) < 4.78 is 0. The first-order valence-corrected chi connectivity index (χ1v) is 10.7. The third-order valence-electron chi connectivity index (χ3n) is 5.24. The van der Waals surface area contributed by atoms with Gasteiger partial charge in [0.2, 0.25) is 11.8 Å². The zero-order valence-corrected chi connectivity index (χ0v) is 19.0. The standard InChI is InChI=1S/C23H35N3O5/c1-14(2)13-26(31)22(30)18(27)12-19(28)25-20(23(3,4)5)21(29)24-17-11-16(17)15-9-7-6-8-10-15/h6-10,14,16-18,20,27,31H,11-13H2,1-5H3,(H,24,29)(H,25,28)/t16?,17?,18-,20?/m0/s1.